The Bertz CT molecular complexity index is 1160. The summed E-state index contributed by atoms with van der Waals surface area (Å²) in [7, 11) is 0. The van der Waals surface area contributed by atoms with Gasteiger partial charge in [0, 0.05) is 39.5 Å². The molecule has 0 unspecified atom stereocenters. The van der Waals surface area contributed by atoms with E-state index in [9.17, 15) is 24.5 Å². The maximum atomic E-state index is 12.4. The van der Waals surface area contributed by atoms with E-state index in [1.54, 1.807) is 36.4 Å². The second-order valence-electron chi connectivity index (χ2n) is 6.56. The predicted octanol–water partition coefficient (Wildman–Crippen LogP) is 3.68. The molecule has 3 aromatic carbocycles. The third kappa shape index (κ3) is 6.16. The molecule has 3 rings (SSSR count). The van der Waals surface area contributed by atoms with Gasteiger partial charge in [0.2, 0.25) is 11.8 Å². The number of nitrogens with zero attached hydrogens (tertiary/aromatic N) is 1. The number of carbonyl (C=O) groups is 3. The number of nitrogens with two attached hydrogens (primary N) is 1. The number of anilines is 2. The van der Waals surface area contributed by atoms with Crippen LogP contribution in [0.4, 0.5) is 17.1 Å². The molecular weight excluding hydrogens is 432 g/mol. The van der Waals surface area contributed by atoms with E-state index in [2.05, 4.69) is 10.6 Å². The number of rotatable bonds is 8. The molecule has 0 saturated heterocycles. The Morgan fingerprint density at radius 1 is 0.875 bits per heavy atom. The minimum atomic E-state index is -0.543. The van der Waals surface area contributed by atoms with Crippen LogP contribution in [0.2, 0.25) is 0 Å². The summed E-state index contributed by atoms with van der Waals surface area (Å²) in [4.78, 5) is 46.6. The average molecular weight is 450 g/mol. The molecule has 0 fully saturated rings. The highest BCUT2D eigenvalue weighted by atomic mass is 32.2. The zero-order chi connectivity index (χ0) is 23.1. The van der Waals surface area contributed by atoms with Crippen molar-refractivity contribution in [2.45, 2.75) is 4.90 Å². The van der Waals surface area contributed by atoms with Gasteiger partial charge in [-0.05, 0) is 54.6 Å². The maximum Gasteiger partial charge on any atom is 0.269 e. The highest BCUT2D eigenvalue weighted by Gasteiger charge is 2.11. The van der Waals surface area contributed by atoms with Gasteiger partial charge >= 0.3 is 0 Å². The number of amides is 3. The molecule has 0 aliphatic rings. The molecule has 162 valence electrons. The second-order valence-corrected chi connectivity index (χ2v) is 7.61. The minimum Gasteiger partial charge on any atom is -0.366 e. The van der Waals surface area contributed by atoms with E-state index >= 15 is 0 Å². The fourth-order valence-corrected chi connectivity index (χ4v) is 3.42. The summed E-state index contributed by atoms with van der Waals surface area (Å²) in [6.07, 6.45) is 0. The first kappa shape index (κ1) is 22.5. The van der Waals surface area contributed by atoms with E-state index < -0.39 is 16.7 Å². The molecule has 0 bridgehead atoms. The first-order valence-electron chi connectivity index (χ1n) is 9.30. The monoisotopic (exact) mass is 450 g/mol. The lowest BCUT2D eigenvalue weighted by Crippen LogP contribution is -2.15. The number of carbonyl (C=O) groups excluding carboxylic acids is 3. The Hall–Kier alpha value is -4.18. The normalized spacial score (nSPS) is 10.2. The van der Waals surface area contributed by atoms with E-state index in [-0.39, 0.29) is 22.9 Å². The molecule has 0 atom stereocenters. The van der Waals surface area contributed by atoms with Crippen molar-refractivity contribution in [1.29, 1.82) is 0 Å². The first-order valence-corrected chi connectivity index (χ1v) is 10.3. The second kappa shape index (κ2) is 10.2. The number of non-ortho nitro benzene ring substituents is 1. The molecule has 10 heteroatoms. The number of nitro benzene ring substituents is 1. The minimum absolute atomic E-state index is 0.0953. The van der Waals surface area contributed by atoms with Crippen LogP contribution in [0.15, 0.2) is 77.7 Å². The average Bonchev–Trinajstić information content (AvgIpc) is 2.78. The van der Waals surface area contributed by atoms with Crippen LogP contribution in [0.25, 0.3) is 0 Å². The van der Waals surface area contributed by atoms with E-state index in [0.29, 0.717) is 16.9 Å². The largest absolute Gasteiger partial charge is 0.366 e. The van der Waals surface area contributed by atoms with Crippen LogP contribution >= 0.6 is 11.8 Å². The Labute approximate surface area is 187 Å². The lowest BCUT2D eigenvalue weighted by molar-refractivity contribution is -0.384. The highest BCUT2D eigenvalue weighted by Crippen LogP contribution is 2.23. The van der Waals surface area contributed by atoms with Crippen LogP contribution in [0.5, 0.6) is 0 Å². The van der Waals surface area contributed by atoms with E-state index in [4.69, 9.17) is 5.73 Å². The number of nitro groups is 1. The quantitative estimate of drug-likeness (QED) is 0.271. The summed E-state index contributed by atoms with van der Waals surface area (Å²) in [6, 6.07) is 18.5. The molecule has 0 radical (unpaired) electrons. The van der Waals surface area contributed by atoms with Gasteiger partial charge in [-0.3, -0.25) is 24.5 Å². The fourth-order valence-electron chi connectivity index (χ4n) is 2.67. The Morgan fingerprint density at radius 2 is 1.53 bits per heavy atom. The summed E-state index contributed by atoms with van der Waals surface area (Å²) in [5, 5.41) is 16.2. The Morgan fingerprint density at radius 3 is 2.16 bits per heavy atom. The van der Waals surface area contributed by atoms with E-state index in [1.807, 2.05) is 0 Å². The zero-order valence-electron chi connectivity index (χ0n) is 16.6. The molecule has 4 N–H and O–H groups in total. The van der Waals surface area contributed by atoms with E-state index in [1.165, 1.54) is 48.2 Å². The van der Waals surface area contributed by atoms with Gasteiger partial charge in [0.15, 0.2) is 0 Å². The third-order valence-corrected chi connectivity index (χ3v) is 5.25. The number of hydrogen-bond donors (Lipinski definition) is 3. The fraction of sp³-hybridized carbons (Fsp3) is 0.0455. The van der Waals surface area contributed by atoms with Crippen molar-refractivity contribution in [1.82, 2.24) is 0 Å². The molecule has 0 saturated carbocycles. The lowest BCUT2D eigenvalue weighted by Gasteiger charge is -2.08. The van der Waals surface area contributed by atoms with Gasteiger partial charge in [-0.25, -0.2) is 0 Å². The number of hydrogen-bond acceptors (Lipinski definition) is 6. The van der Waals surface area contributed by atoms with Crippen LogP contribution in [-0.4, -0.2) is 28.4 Å². The number of thioether (sulfide) groups is 1. The van der Waals surface area contributed by atoms with Crippen molar-refractivity contribution in [3.8, 4) is 0 Å². The van der Waals surface area contributed by atoms with Gasteiger partial charge < -0.3 is 16.4 Å². The molecular formula is C22H18N4O5S. The molecule has 3 aromatic rings. The summed E-state index contributed by atoms with van der Waals surface area (Å²) in [5.74, 6) is -1.04. The summed E-state index contributed by atoms with van der Waals surface area (Å²) in [6.45, 7) is 0. The van der Waals surface area contributed by atoms with Gasteiger partial charge in [0.1, 0.15) is 0 Å². The Balaban J connectivity index is 1.55. The highest BCUT2D eigenvalue weighted by molar-refractivity contribution is 8.00. The molecule has 3 amide bonds. The van der Waals surface area contributed by atoms with Crippen molar-refractivity contribution < 1.29 is 19.3 Å². The first-order chi connectivity index (χ1) is 15.3. The smallest absolute Gasteiger partial charge is 0.269 e. The van der Waals surface area contributed by atoms with Crippen molar-refractivity contribution >= 4 is 46.5 Å². The van der Waals surface area contributed by atoms with Crippen LogP contribution in [0, 0.1) is 10.1 Å². The lowest BCUT2D eigenvalue weighted by atomic mass is 10.2. The number of nitrogens with one attached hydrogen (secondary N) is 2. The SMILES string of the molecule is NC(=O)c1ccc(NC(=O)CSc2cccc(NC(=O)c3ccc([N+](=O)[O-])cc3)c2)cc1. The van der Waals surface area contributed by atoms with Crippen molar-refractivity contribution in [3.05, 3.63) is 94.0 Å². The van der Waals surface area contributed by atoms with Crippen molar-refractivity contribution in [3.63, 3.8) is 0 Å². The van der Waals surface area contributed by atoms with Crippen LogP contribution in [0.1, 0.15) is 20.7 Å². The molecule has 9 nitrogen and oxygen atoms in total. The summed E-state index contributed by atoms with van der Waals surface area (Å²) in [5.41, 5.74) is 6.81. The van der Waals surface area contributed by atoms with Gasteiger partial charge in [-0.1, -0.05) is 6.07 Å². The third-order valence-electron chi connectivity index (χ3n) is 4.26. The molecule has 0 aliphatic carbocycles. The number of benzene rings is 3. The van der Waals surface area contributed by atoms with Gasteiger partial charge in [0.25, 0.3) is 11.6 Å². The van der Waals surface area contributed by atoms with Gasteiger partial charge in [-0.2, -0.15) is 0 Å². The molecule has 32 heavy (non-hydrogen) atoms. The molecule has 0 aliphatic heterocycles. The topological polar surface area (TPSA) is 144 Å². The standard InChI is InChI=1S/C22H18N4O5S/c23-21(28)14-4-8-16(9-5-14)24-20(27)13-32-19-3-1-2-17(12-19)25-22(29)15-6-10-18(11-7-15)26(30)31/h1-12H,13H2,(H2,23,28)(H,24,27)(H,25,29). The summed E-state index contributed by atoms with van der Waals surface area (Å²) < 4.78 is 0. The zero-order valence-corrected chi connectivity index (χ0v) is 17.4. The van der Waals surface area contributed by atoms with E-state index in [0.717, 1.165) is 4.90 Å². The van der Waals surface area contributed by atoms with Crippen LogP contribution < -0.4 is 16.4 Å². The predicted molar refractivity (Wildman–Crippen MR) is 122 cm³/mol. The molecule has 0 heterocycles. The van der Waals surface area contributed by atoms with Crippen molar-refractivity contribution in [2.24, 2.45) is 5.73 Å². The summed E-state index contributed by atoms with van der Waals surface area (Å²) >= 11 is 1.29. The molecule has 0 spiro atoms. The van der Waals surface area contributed by atoms with Gasteiger partial charge in [-0.15, -0.1) is 11.8 Å². The van der Waals surface area contributed by atoms with Crippen LogP contribution in [0.3, 0.4) is 0 Å². The number of primary amides is 1. The van der Waals surface area contributed by atoms with Gasteiger partial charge in [0.05, 0.1) is 10.7 Å². The maximum absolute atomic E-state index is 12.4. The van der Waals surface area contributed by atoms with Crippen LogP contribution in [-0.2, 0) is 4.79 Å². The molecule has 0 aromatic heterocycles. The van der Waals surface area contributed by atoms with Crippen molar-refractivity contribution in [2.75, 3.05) is 16.4 Å². The Kier molecular flexibility index (Phi) is 7.19.